The van der Waals surface area contributed by atoms with Crippen molar-refractivity contribution in [1.29, 1.82) is 0 Å². The molecular formula is C16H20N2O2. The van der Waals surface area contributed by atoms with Gasteiger partial charge in [-0.1, -0.05) is 25.8 Å². The Bertz CT molecular complexity index is 632. The van der Waals surface area contributed by atoms with Gasteiger partial charge in [0, 0.05) is 5.92 Å². The molecule has 0 aliphatic heterocycles. The monoisotopic (exact) mass is 272 g/mol. The van der Waals surface area contributed by atoms with Crippen molar-refractivity contribution >= 4 is 17.0 Å². The van der Waals surface area contributed by atoms with E-state index in [1.807, 2.05) is 6.07 Å². The van der Waals surface area contributed by atoms with Gasteiger partial charge in [0.05, 0.1) is 17.0 Å². The van der Waals surface area contributed by atoms with Crippen LogP contribution in [0, 0.1) is 5.92 Å². The van der Waals surface area contributed by atoms with E-state index in [4.69, 9.17) is 0 Å². The number of hydrogen-bond acceptors (Lipinski definition) is 2. The molecule has 4 heteroatoms. The SMILES string of the molecule is CCc1ccc2nc(C3CCCCC3C(=O)O)[nH]c2c1. The van der Waals surface area contributed by atoms with Gasteiger partial charge in [-0.15, -0.1) is 0 Å². The molecule has 106 valence electrons. The van der Waals surface area contributed by atoms with Crippen molar-refractivity contribution in [2.45, 2.75) is 44.9 Å². The lowest BCUT2D eigenvalue weighted by Gasteiger charge is -2.26. The molecule has 2 unspecified atom stereocenters. The van der Waals surface area contributed by atoms with Crippen molar-refractivity contribution in [3.8, 4) is 0 Å². The minimum absolute atomic E-state index is 0.0266. The molecule has 3 rings (SSSR count). The topological polar surface area (TPSA) is 66.0 Å². The van der Waals surface area contributed by atoms with Gasteiger partial charge in [-0.3, -0.25) is 4.79 Å². The van der Waals surface area contributed by atoms with Crippen molar-refractivity contribution < 1.29 is 9.90 Å². The van der Waals surface area contributed by atoms with Crippen LogP contribution < -0.4 is 0 Å². The summed E-state index contributed by atoms with van der Waals surface area (Å²) in [4.78, 5) is 19.4. The van der Waals surface area contributed by atoms with E-state index in [0.717, 1.165) is 49.0 Å². The molecule has 0 bridgehead atoms. The first-order chi connectivity index (χ1) is 9.69. The Balaban J connectivity index is 1.97. The van der Waals surface area contributed by atoms with Crippen LogP contribution in [-0.2, 0) is 11.2 Å². The summed E-state index contributed by atoms with van der Waals surface area (Å²) in [7, 11) is 0. The van der Waals surface area contributed by atoms with Gasteiger partial charge in [-0.25, -0.2) is 4.98 Å². The van der Waals surface area contributed by atoms with Crippen LogP contribution in [0.25, 0.3) is 11.0 Å². The van der Waals surface area contributed by atoms with E-state index >= 15 is 0 Å². The number of H-pyrrole nitrogens is 1. The van der Waals surface area contributed by atoms with Crippen molar-refractivity contribution in [2.24, 2.45) is 5.92 Å². The van der Waals surface area contributed by atoms with E-state index < -0.39 is 5.97 Å². The number of aliphatic carboxylic acids is 1. The highest BCUT2D eigenvalue weighted by atomic mass is 16.4. The molecule has 1 aromatic carbocycles. The zero-order chi connectivity index (χ0) is 14.1. The molecule has 1 aliphatic rings. The molecule has 0 radical (unpaired) electrons. The molecule has 0 amide bonds. The number of carbonyl (C=O) groups is 1. The normalized spacial score (nSPS) is 23.1. The van der Waals surface area contributed by atoms with E-state index in [1.54, 1.807) is 0 Å². The van der Waals surface area contributed by atoms with Gasteiger partial charge in [0.15, 0.2) is 0 Å². The van der Waals surface area contributed by atoms with E-state index in [1.165, 1.54) is 5.56 Å². The Kier molecular flexibility index (Phi) is 3.47. The standard InChI is InChI=1S/C16H20N2O2/c1-2-10-7-8-13-14(9-10)18-15(17-13)11-5-3-4-6-12(11)16(19)20/h7-9,11-12H,2-6H2,1H3,(H,17,18)(H,19,20). The smallest absolute Gasteiger partial charge is 0.307 e. The van der Waals surface area contributed by atoms with E-state index in [-0.39, 0.29) is 11.8 Å². The van der Waals surface area contributed by atoms with Gasteiger partial charge in [0.1, 0.15) is 5.82 Å². The molecule has 20 heavy (non-hydrogen) atoms. The molecule has 1 saturated carbocycles. The maximum atomic E-state index is 11.4. The first-order valence-electron chi connectivity index (χ1n) is 7.40. The maximum absolute atomic E-state index is 11.4. The number of carboxylic acid groups (broad SMARTS) is 1. The average Bonchev–Trinajstić information content (AvgIpc) is 2.89. The zero-order valence-corrected chi connectivity index (χ0v) is 11.7. The van der Waals surface area contributed by atoms with Crippen LogP contribution >= 0.6 is 0 Å². The Morgan fingerprint density at radius 3 is 2.95 bits per heavy atom. The Morgan fingerprint density at radius 1 is 1.40 bits per heavy atom. The number of carboxylic acids is 1. The molecule has 4 nitrogen and oxygen atoms in total. The van der Waals surface area contributed by atoms with Crippen LogP contribution in [0.2, 0.25) is 0 Å². The number of rotatable bonds is 3. The highest BCUT2D eigenvalue weighted by Crippen LogP contribution is 2.37. The number of fused-ring (bicyclic) bond motifs is 1. The third-order valence-corrected chi connectivity index (χ3v) is 4.41. The molecule has 2 aromatic rings. The Morgan fingerprint density at radius 2 is 2.20 bits per heavy atom. The number of aromatic nitrogens is 2. The van der Waals surface area contributed by atoms with Crippen molar-refractivity contribution in [3.63, 3.8) is 0 Å². The minimum Gasteiger partial charge on any atom is -0.481 e. The zero-order valence-electron chi connectivity index (χ0n) is 11.7. The van der Waals surface area contributed by atoms with E-state index in [9.17, 15) is 9.90 Å². The van der Waals surface area contributed by atoms with E-state index in [0.29, 0.717) is 0 Å². The lowest BCUT2D eigenvalue weighted by atomic mass is 9.79. The number of hydrogen-bond donors (Lipinski definition) is 2. The number of benzene rings is 1. The van der Waals surface area contributed by atoms with Gasteiger partial charge < -0.3 is 10.1 Å². The number of nitrogens with one attached hydrogen (secondary N) is 1. The fraction of sp³-hybridized carbons (Fsp3) is 0.500. The first-order valence-corrected chi connectivity index (χ1v) is 7.40. The summed E-state index contributed by atoms with van der Waals surface area (Å²) in [5.41, 5.74) is 3.23. The summed E-state index contributed by atoms with van der Waals surface area (Å²) in [5, 5.41) is 9.39. The van der Waals surface area contributed by atoms with Crippen LogP contribution in [-0.4, -0.2) is 21.0 Å². The Hall–Kier alpha value is -1.84. The lowest BCUT2D eigenvalue weighted by Crippen LogP contribution is -2.26. The molecular weight excluding hydrogens is 252 g/mol. The molecule has 1 heterocycles. The molecule has 1 aromatic heterocycles. The van der Waals surface area contributed by atoms with Crippen LogP contribution in [0.5, 0.6) is 0 Å². The predicted molar refractivity (Wildman–Crippen MR) is 77.8 cm³/mol. The molecule has 2 atom stereocenters. The fourth-order valence-electron chi connectivity index (χ4n) is 3.23. The fourth-order valence-corrected chi connectivity index (χ4v) is 3.23. The van der Waals surface area contributed by atoms with Gasteiger partial charge in [0.25, 0.3) is 0 Å². The lowest BCUT2D eigenvalue weighted by molar-refractivity contribution is -0.143. The summed E-state index contributed by atoms with van der Waals surface area (Å²) in [6.07, 6.45) is 4.76. The molecule has 1 aliphatic carbocycles. The highest BCUT2D eigenvalue weighted by Gasteiger charge is 2.33. The second-order valence-electron chi connectivity index (χ2n) is 5.66. The minimum atomic E-state index is -0.690. The number of nitrogens with zero attached hydrogens (tertiary/aromatic N) is 1. The summed E-state index contributed by atoms with van der Waals surface area (Å²) in [5.74, 6) is -0.113. The average molecular weight is 272 g/mol. The predicted octanol–water partition coefficient (Wildman–Crippen LogP) is 3.48. The summed E-state index contributed by atoms with van der Waals surface area (Å²) in [6.45, 7) is 2.13. The third kappa shape index (κ3) is 2.30. The van der Waals surface area contributed by atoms with Crippen LogP contribution in [0.3, 0.4) is 0 Å². The van der Waals surface area contributed by atoms with Crippen molar-refractivity contribution in [1.82, 2.24) is 9.97 Å². The summed E-state index contributed by atoms with van der Waals surface area (Å²) in [6, 6.07) is 6.22. The third-order valence-electron chi connectivity index (χ3n) is 4.41. The second kappa shape index (κ2) is 5.27. The van der Waals surface area contributed by atoms with Gasteiger partial charge >= 0.3 is 5.97 Å². The first kappa shape index (κ1) is 13.2. The summed E-state index contributed by atoms with van der Waals surface area (Å²) < 4.78 is 0. The molecule has 0 spiro atoms. The van der Waals surface area contributed by atoms with Crippen molar-refractivity contribution in [2.75, 3.05) is 0 Å². The van der Waals surface area contributed by atoms with Gasteiger partial charge in [0.2, 0.25) is 0 Å². The van der Waals surface area contributed by atoms with Crippen molar-refractivity contribution in [3.05, 3.63) is 29.6 Å². The van der Waals surface area contributed by atoms with Gasteiger partial charge in [-0.05, 0) is 37.0 Å². The van der Waals surface area contributed by atoms with E-state index in [2.05, 4.69) is 29.0 Å². The second-order valence-corrected chi connectivity index (χ2v) is 5.66. The number of imidazole rings is 1. The highest BCUT2D eigenvalue weighted by molar-refractivity contribution is 5.76. The quantitative estimate of drug-likeness (QED) is 0.899. The maximum Gasteiger partial charge on any atom is 0.307 e. The van der Waals surface area contributed by atoms with Crippen LogP contribution in [0.1, 0.15) is 49.9 Å². The van der Waals surface area contributed by atoms with Gasteiger partial charge in [-0.2, -0.15) is 0 Å². The summed E-state index contributed by atoms with van der Waals surface area (Å²) >= 11 is 0. The largest absolute Gasteiger partial charge is 0.481 e. The van der Waals surface area contributed by atoms with Crippen LogP contribution in [0.4, 0.5) is 0 Å². The Labute approximate surface area is 118 Å². The van der Waals surface area contributed by atoms with Crippen LogP contribution in [0.15, 0.2) is 18.2 Å². The molecule has 1 fully saturated rings. The molecule has 2 N–H and O–H groups in total. The number of aryl methyl sites for hydroxylation is 1. The number of aromatic amines is 1. The molecule has 0 saturated heterocycles.